The topological polar surface area (TPSA) is 75.4 Å². The molecule has 0 saturated carbocycles. The van der Waals surface area contributed by atoms with E-state index in [0.717, 1.165) is 5.69 Å². The van der Waals surface area contributed by atoms with Gasteiger partial charge < -0.3 is 16.0 Å². The number of hydrogen-bond donors (Lipinski definition) is 2. The minimum absolute atomic E-state index is 0.0475. The summed E-state index contributed by atoms with van der Waals surface area (Å²) in [6.45, 7) is 3.63. The summed E-state index contributed by atoms with van der Waals surface area (Å²) in [5.41, 5.74) is 6.66. The third-order valence-electron chi connectivity index (χ3n) is 2.68. The summed E-state index contributed by atoms with van der Waals surface area (Å²) in [4.78, 5) is 25.2. The maximum atomic E-state index is 12.2. The van der Waals surface area contributed by atoms with E-state index in [1.54, 1.807) is 19.9 Å². The molecule has 1 aliphatic heterocycles. The minimum atomic E-state index is -0.583. The number of carbonyl (C=O) groups excluding carboxylic acids is 2. The van der Waals surface area contributed by atoms with E-state index in [2.05, 4.69) is 5.32 Å². The monoisotopic (exact) mass is 247 g/mol. The molecule has 1 aliphatic rings. The Morgan fingerprint density at radius 1 is 1.44 bits per heavy atom. The van der Waals surface area contributed by atoms with Crippen molar-refractivity contribution in [3.63, 3.8) is 0 Å². The van der Waals surface area contributed by atoms with E-state index in [9.17, 15) is 9.59 Å². The van der Waals surface area contributed by atoms with Gasteiger partial charge in [0.2, 0.25) is 11.8 Å². The summed E-state index contributed by atoms with van der Waals surface area (Å²) >= 11 is 0. The molecule has 5 heteroatoms. The Hall–Kier alpha value is -1.88. The molecule has 0 bridgehead atoms. The molecule has 1 aromatic carbocycles. The fourth-order valence-corrected chi connectivity index (χ4v) is 1.94. The fourth-order valence-electron chi connectivity index (χ4n) is 1.94. The molecule has 0 aliphatic carbocycles. The molecule has 2 amide bonds. The number of carbonyl (C=O) groups is 2. The van der Waals surface area contributed by atoms with Gasteiger partial charge in [-0.05, 0) is 26.0 Å². The van der Waals surface area contributed by atoms with Gasteiger partial charge in [-0.1, -0.05) is 12.1 Å². The van der Waals surface area contributed by atoms with Crippen LogP contribution in [0.15, 0.2) is 24.3 Å². The first-order valence-electron chi connectivity index (χ1n) is 5.85. The second kappa shape index (κ2) is 4.42. The van der Waals surface area contributed by atoms with Crippen LogP contribution in [0, 0.1) is 0 Å². The normalized spacial score (nSPS) is 15.1. The van der Waals surface area contributed by atoms with Crippen molar-refractivity contribution in [3.8, 4) is 0 Å². The highest BCUT2D eigenvalue weighted by molar-refractivity contribution is 6.10. The van der Waals surface area contributed by atoms with Gasteiger partial charge in [0.05, 0.1) is 11.4 Å². The van der Waals surface area contributed by atoms with Crippen LogP contribution in [0.25, 0.3) is 0 Å². The van der Waals surface area contributed by atoms with Crippen LogP contribution in [0.1, 0.15) is 20.3 Å². The molecule has 0 aromatic heterocycles. The number of nitrogens with two attached hydrogens (primary N) is 1. The van der Waals surface area contributed by atoms with Crippen molar-refractivity contribution in [2.75, 3.05) is 16.8 Å². The lowest BCUT2D eigenvalue weighted by atomic mass is 10.0. The molecule has 0 fully saturated rings. The van der Waals surface area contributed by atoms with Gasteiger partial charge in [0.1, 0.15) is 6.54 Å². The number of nitrogens with one attached hydrogen (secondary N) is 1. The van der Waals surface area contributed by atoms with Crippen LogP contribution in [-0.4, -0.2) is 23.9 Å². The van der Waals surface area contributed by atoms with Crippen molar-refractivity contribution < 1.29 is 9.59 Å². The van der Waals surface area contributed by atoms with E-state index < -0.39 is 5.54 Å². The van der Waals surface area contributed by atoms with Gasteiger partial charge in [-0.25, -0.2) is 0 Å². The maximum absolute atomic E-state index is 12.2. The molecule has 0 radical (unpaired) electrons. The molecule has 18 heavy (non-hydrogen) atoms. The first-order valence-corrected chi connectivity index (χ1v) is 5.85. The number of hydrogen-bond acceptors (Lipinski definition) is 3. The van der Waals surface area contributed by atoms with Crippen LogP contribution in [0.2, 0.25) is 0 Å². The van der Waals surface area contributed by atoms with Crippen LogP contribution in [0.4, 0.5) is 11.4 Å². The Morgan fingerprint density at radius 3 is 2.78 bits per heavy atom. The quantitative estimate of drug-likeness (QED) is 0.821. The molecule has 0 spiro atoms. The smallest absolute Gasteiger partial charge is 0.244 e. The lowest BCUT2D eigenvalue weighted by molar-refractivity contribution is -0.122. The van der Waals surface area contributed by atoms with Crippen molar-refractivity contribution in [2.24, 2.45) is 5.73 Å². The SMILES string of the molecule is CC(C)(N)CC(=O)N1CC(=O)Nc2ccccc21. The summed E-state index contributed by atoms with van der Waals surface area (Å²) in [6.07, 6.45) is 0.203. The van der Waals surface area contributed by atoms with E-state index in [-0.39, 0.29) is 24.8 Å². The largest absolute Gasteiger partial charge is 0.325 e. The lowest BCUT2D eigenvalue weighted by Crippen LogP contribution is -2.46. The molecule has 2 rings (SSSR count). The Morgan fingerprint density at radius 2 is 2.11 bits per heavy atom. The minimum Gasteiger partial charge on any atom is -0.325 e. The summed E-state index contributed by atoms with van der Waals surface area (Å²) in [6, 6.07) is 7.25. The van der Waals surface area contributed by atoms with Gasteiger partial charge in [0.15, 0.2) is 0 Å². The van der Waals surface area contributed by atoms with E-state index in [1.165, 1.54) is 4.90 Å². The highest BCUT2D eigenvalue weighted by Crippen LogP contribution is 2.29. The molecule has 3 N–H and O–H groups in total. The zero-order valence-electron chi connectivity index (χ0n) is 10.6. The predicted octanol–water partition coefficient (Wildman–Crippen LogP) is 1.10. The van der Waals surface area contributed by atoms with E-state index in [1.807, 2.05) is 18.2 Å². The fraction of sp³-hybridized carbons (Fsp3) is 0.385. The standard InChI is InChI=1S/C13H17N3O2/c1-13(2,14)7-12(18)16-8-11(17)15-9-5-3-4-6-10(9)16/h3-6H,7-8,14H2,1-2H3,(H,15,17). The molecule has 0 unspecified atom stereocenters. The molecule has 0 atom stereocenters. The average Bonchev–Trinajstić information content (AvgIpc) is 2.25. The highest BCUT2D eigenvalue weighted by Gasteiger charge is 2.29. The molecular weight excluding hydrogens is 230 g/mol. The number of rotatable bonds is 2. The summed E-state index contributed by atoms with van der Waals surface area (Å²) in [5.74, 6) is -0.318. The second-order valence-corrected chi connectivity index (χ2v) is 5.21. The van der Waals surface area contributed by atoms with Crippen molar-refractivity contribution >= 4 is 23.2 Å². The van der Waals surface area contributed by atoms with E-state index in [4.69, 9.17) is 5.73 Å². The molecule has 1 heterocycles. The van der Waals surface area contributed by atoms with Gasteiger partial charge in [-0.2, -0.15) is 0 Å². The van der Waals surface area contributed by atoms with Gasteiger partial charge >= 0.3 is 0 Å². The molecule has 5 nitrogen and oxygen atoms in total. The molecular formula is C13H17N3O2. The summed E-state index contributed by atoms with van der Waals surface area (Å²) in [7, 11) is 0. The third kappa shape index (κ3) is 2.68. The first kappa shape index (κ1) is 12.6. The Bertz CT molecular complexity index is 491. The van der Waals surface area contributed by atoms with Crippen LogP contribution in [0.5, 0.6) is 0 Å². The summed E-state index contributed by atoms with van der Waals surface area (Å²) in [5, 5.41) is 2.74. The molecule has 96 valence electrons. The lowest BCUT2D eigenvalue weighted by Gasteiger charge is -2.31. The zero-order valence-corrected chi connectivity index (χ0v) is 10.6. The van der Waals surface area contributed by atoms with Crippen molar-refractivity contribution in [1.29, 1.82) is 0 Å². The number of nitrogens with zero attached hydrogens (tertiary/aromatic N) is 1. The van der Waals surface area contributed by atoms with Crippen molar-refractivity contribution in [3.05, 3.63) is 24.3 Å². The third-order valence-corrected chi connectivity index (χ3v) is 2.68. The van der Waals surface area contributed by atoms with Gasteiger partial charge in [-0.3, -0.25) is 9.59 Å². The van der Waals surface area contributed by atoms with Crippen LogP contribution < -0.4 is 16.0 Å². The number of amides is 2. The number of benzene rings is 1. The Balaban J connectivity index is 2.29. The first-order chi connectivity index (χ1) is 8.37. The second-order valence-electron chi connectivity index (χ2n) is 5.21. The van der Waals surface area contributed by atoms with Crippen molar-refractivity contribution in [2.45, 2.75) is 25.8 Å². The number of para-hydroxylation sites is 2. The van der Waals surface area contributed by atoms with Crippen LogP contribution >= 0.6 is 0 Å². The van der Waals surface area contributed by atoms with Gasteiger partial charge in [-0.15, -0.1) is 0 Å². The molecule has 0 saturated heterocycles. The number of fused-ring (bicyclic) bond motifs is 1. The Kier molecular flexibility index (Phi) is 3.09. The predicted molar refractivity (Wildman–Crippen MR) is 70.3 cm³/mol. The van der Waals surface area contributed by atoms with Gasteiger partial charge in [0, 0.05) is 12.0 Å². The van der Waals surface area contributed by atoms with Crippen LogP contribution in [0.3, 0.4) is 0 Å². The zero-order chi connectivity index (χ0) is 13.3. The molecule has 1 aromatic rings. The maximum Gasteiger partial charge on any atom is 0.244 e. The number of anilines is 2. The highest BCUT2D eigenvalue weighted by atomic mass is 16.2. The Labute approximate surface area is 106 Å². The average molecular weight is 247 g/mol. The van der Waals surface area contributed by atoms with Crippen molar-refractivity contribution in [1.82, 2.24) is 0 Å². The van der Waals surface area contributed by atoms with Crippen LogP contribution in [-0.2, 0) is 9.59 Å². The van der Waals surface area contributed by atoms with E-state index in [0.29, 0.717) is 5.69 Å². The van der Waals surface area contributed by atoms with Gasteiger partial charge in [0.25, 0.3) is 0 Å². The van der Waals surface area contributed by atoms with E-state index >= 15 is 0 Å². The summed E-state index contributed by atoms with van der Waals surface area (Å²) < 4.78 is 0.